The van der Waals surface area contributed by atoms with Crippen molar-refractivity contribution in [3.8, 4) is 211 Å². The Morgan fingerprint density at radius 2 is 0.423 bits per heavy atom. The van der Waals surface area contributed by atoms with Gasteiger partial charge in [0.05, 0.1) is 138 Å². The quantitative estimate of drug-likeness (QED) is 0.0883. The number of fused-ring (bicyclic) bond motifs is 6. The highest BCUT2D eigenvalue weighted by atomic mass is 15.0. The van der Waals surface area contributed by atoms with Gasteiger partial charge in [0, 0.05) is 88.3 Å². The predicted molar refractivity (Wildman–Crippen MR) is 515 cm³/mol. The van der Waals surface area contributed by atoms with Gasteiger partial charge >= 0.3 is 0 Å². The minimum absolute atomic E-state index is 0.335. The molecule has 0 spiro atoms. The van der Waals surface area contributed by atoms with Crippen molar-refractivity contribution in [3.63, 3.8) is 0 Å². The maximum atomic E-state index is 10.9. The second-order valence-corrected chi connectivity index (χ2v) is 31.7. The minimum Gasteiger partial charge on any atom is -0.308 e. The fourth-order valence-electron chi connectivity index (χ4n) is 18.3. The summed E-state index contributed by atoms with van der Waals surface area (Å²) in [7, 11) is 0. The molecule has 0 aliphatic carbocycles. The molecule has 0 bridgehead atoms. The zero-order chi connectivity index (χ0) is 87.9. The van der Waals surface area contributed by atoms with Crippen LogP contribution in [0.25, 0.3) is 212 Å². The lowest BCUT2D eigenvalue weighted by Crippen LogP contribution is -2.07. The van der Waals surface area contributed by atoms with Gasteiger partial charge in [-0.2, -0.15) is 36.8 Å². The molecule has 4 aromatic heterocycles. The van der Waals surface area contributed by atoms with Gasteiger partial charge in [0.25, 0.3) is 0 Å². The van der Waals surface area contributed by atoms with Gasteiger partial charge in [-0.25, -0.2) is 19.9 Å². The molecule has 13 heteroatoms. The molecule has 598 valence electrons. The summed E-state index contributed by atoms with van der Waals surface area (Å²) < 4.78 is 4.53. The van der Waals surface area contributed by atoms with Crippen LogP contribution in [0.15, 0.2) is 394 Å². The van der Waals surface area contributed by atoms with Crippen molar-refractivity contribution in [2.75, 3.05) is 0 Å². The van der Waals surface area contributed by atoms with Crippen molar-refractivity contribution in [2.24, 2.45) is 0 Å². The molecular weight excluding hydrogens is 1590 g/mol. The van der Waals surface area contributed by atoms with E-state index in [2.05, 4.69) is 179 Å². The number of nitriles is 7. The summed E-state index contributed by atoms with van der Waals surface area (Å²) in [4.78, 5) is 24.0. The molecule has 0 atom stereocenters. The van der Waals surface area contributed by atoms with Gasteiger partial charge in [0.15, 0.2) is 11.6 Å². The molecule has 21 rings (SSSR count). The summed E-state index contributed by atoms with van der Waals surface area (Å²) in [5, 5.41) is 78.8. The SMILES string of the molecule is N#Cc1cccc(-c2cc(-c3nc(-c4ccccc4)c(-c4c(-c5ccccc5)nc(-c5cc(-c6cccc(C#N)c6)c(-n6c7ccc(-c8ccccc8C#N)cc7c7cc(-c8ccccc8C#N)ccc76)c(-c6cccc(C#N)c6)c5)nc4-c4ccccc4)c(-c4ccccc4)n3)cc(-c3cccc(C#N)c3)c2-n2c3ccccc3c3cc(-c4ccccc4C#N)ccc32)c1. The lowest BCUT2D eigenvalue weighted by atomic mass is 9.87. The van der Waals surface area contributed by atoms with Crippen LogP contribution in [0.3, 0.4) is 0 Å². The van der Waals surface area contributed by atoms with Gasteiger partial charge in [0.2, 0.25) is 0 Å². The summed E-state index contributed by atoms with van der Waals surface area (Å²) in [5.74, 6) is 0.687. The maximum absolute atomic E-state index is 10.9. The predicted octanol–water partition coefficient (Wildman–Crippen LogP) is 27.9. The Hall–Kier alpha value is -19.1. The van der Waals surface area contributed by atoms with Crippen molar-refractivity contribution >= 4 is 43.6 Å². The van der Waals surface area contributed by atoms with Crippen LogP contribution in [-0.4, -0.2) is 29.1 Å². The first-order valence-corrected chi connectivity index (χ1v) is 42.2. The van der Waals surface area contributed by atoms with E-state index in [0.717, 1.165) is 127 Å². The van der Waals surface area contributed by atoms with Crippen LogP contribution in [0.2, 0.25) is 0 Å². The van der Waals surface area contributed by atoms with Crippen molar-refractivity contribution in [1.29, 1.82) is 36.8 Å². The molecule has 21 aromatic rings. The summed E-state index contributed by atoms with van der Waals surface area (Å²) in [6.07, 6.45) is 0. The van der Waals surface area contributed by atoms with E-state index in [9.17, 15) is 36.8 Å². The van der Waals surface area contributed by atoms with Crippen LogP contribution in [0.5, 0.6) is 0 Å². The third-order valence-corrected chi connectivity index (χ3v) is 24.2. The standard InChI is InChI=1S/C117H65N13/c118-66-73-25-21-40-81(55-73)97-62-91(63-98(82-41-22-26-74(56-82)67-119)114(97)129-104-48-20-19-47-96(104)101-59-85(49-52-105(101)129)93-44-16-13-37-88(93)70-122)116-125-110(77-29-5-1-6-30-77)108(111(126-116)78-31-7-2-8-32-78)109-112(79-33-9-3-10-34-79)127-117(128-113(109)80-35-11-4-12-36-80)92-64-99(83-42-23-27-75(57-83)68-120)115(100(65-92)84-43-24-28-76(58-84)69-121)130-106-53-50-86(94-45-17-14-38-89(94)71-123)60-102(106)103-61-87(51-54-107(103)130)95-46-18-15-39-90(95)72-124/h1-65H. The Labute approximate surface area is 748 Å². The number of rotatable bonds is 16. The van der Waals surface area contributed by atoms with Crippen molar-refractivity contribution in [1.82, 2.24) is 29.1 Å². The summed E-state index contributed by atoms with van der Waals surface area (Å²) in [6, 6.07) is 146. The first-order chi connectivity index (χ1) is 64.1. The molecule has 0 aliphatic heterocycles. The Bertz CT molecular complexity index is 8180. The molecule has 0 fully saturated rings. The van der Waals surface area contributed by atoms with Crippen LogP contribution < -0.4 is 0 Å². The molecule has 13 nitrogen and oxygen atoms in total. The maximum Gasteiger partial charge on any atom is 0.160 e. The van der Waals surface area contributed by atoms with Crippen molar-refractivity contribution in [2.45, 2.75) is 0 Å². The molecule has 0 unspecified atom stereocenters. The molecule has 0 radical (unpaired) electrons. The average Bonchev–Trinajstić information content (AvgIpc) is 1.54. The molecule has 0 amide bonds. The van der Waals surface area contributed by atoms with E-state index in [1.165, 1.54) is 0 Å². The number of hydrogen-bond donors (Lipinski definition) is 0. The van der Waals surface area contributed by atoms with Crippen LogP contribution in [-0.2, 0) is 0 Å². The van der Waals surface area contributed by atoms with Crippen LogP contribution in [0, 0.1) is 79.3 Å². The Morgan fingerprint density at radius 1 is 0.177 bits per heavy atom. The monoisotopic (exact) mass is 1650 g/mol. The zero-order valence-corrected chi connectivity index (χ0v) is 69.3. The third kappa shape index (κ3) is 13.9. The van der Waals surface area contributed by atoms with E-state index in [1.54, 1.807) is 24.3 Å². The van der Waals surface area contributed by atoms with Gasteiger partial charge in [-0.15, -0.1) is 0 Å². The van der Waals surface area contributed by atoms with E-state index in [-0.39, 0.29) is 0 Å². The zero-order valence-electron chi connectivity index (χ0n) is 69.3. The molecular formula is C117H65N13. The van der Waals surface area contributed by atoms with Gasteiger partial charge in [-0.3, -0.25) is 0 Å². The molecule has 17 aromatic carbocycles. The van der Waals surface area contributed by atoms with E-state index in [1.807, 2.05) is 243 Å². The van der Waals surface area contributed by atoms with Gasteiger partial charge in [0.1, 0.15) is 0 Å². The average molecular weight is 1650 g/mol. The van der Waals surface area contributed by atoms with Gasteiger partial charge in [-0.05, 0) is 189 Å². The normalized spacial score (nSPS) is 11.0. The lowest BCUT2D eigenvalue weighted by molar-refractivity contribution is 1.15. The minimum atomic E-state index is 0.335. The first kappa shape index (κ1) is 78.2. The number of aromatic nitrogens is 6. The topological polar surface area (TPSA) is 228 Å². The molecule has 0 aliphatic rings. The van der Waals surface area contributed by atoms with E-state index in [0.29, 0.717) is 124 Å². The number of hydrogen-bond acceptors (Lipinski definition) is 11. The molecule has 4 heterocycles. The van der Waals surface area contributed by atoms with E-state index in [4.69, 9.17) is 19.9 Å². The fraction of sp³-hybridized carbons (Fsp3) is 0. The second-order valence-electron chi connectivity index (χ2n) is 31.7. The van der Waals surface area contributed by atoms with Gasteiger partial charge in [-0.1, -0.05) is 261 Å². The Kier molecular flexibility index (Phi) is 20.0. The highest BCUT2D eigenvalue weighted by molar-refractivity contribution is 6.15. The number of para-hydroxylation sites is 1. The number of nitrogens with zero attached hydrogens (tertiary/aromatic N) is 13. The van der Waals surface area contributed by atoms with Crippen LogP contribution in [0.4, 0.5) is 0 Å². The highest BCUT2D eigenvalue weighted by Crippen LogP contribution is 2.53. The molecule has 130 heavy (non-hydrogen) atoms. The summed E-state index contributed by atoms with van der Waals surface area (Å²) in [5.41, 5.74) is 26.4. The van der Waals surface area contributed by atoms with Crippen molar-refractivity contribution < 1.29 is 0 Å². The Morgan fingerprint density at radius 3 is 0.715 bits per heavy atom. The smallest absolute Gasteiger partial charge is 0.160 e. The number of benzene rings is 17. The van der Waals surface area contributed by atoms with Crippen LogP contribution >= 0.6 is 0 Å². The van der Waals surface area contributed by atoms with E-state index >= 15 is 0 Å². The van der Waals surface area contributed by atoms with E-state index < -0.39 is 0 Å². The molecule has 0 N–H and O–H groups in total. The first-order valence-electron chi connectivity index (χ1n) is 42.2. The molecule has 0 saturated heterocycles. The fourth-order valence-corrected chi connectivity index (χ4v) is 18.3. The third-order valence-electron chi connectivity index (χ3n) is 24.2. The summed E-state index contributed by atoms with van der Waals surface area (Å²) in [6.45, 7) is 0. The molecule has 0 saturated carbocycles. The lowest BCUT2D eigenvalue weighted by Gasteiger charge is -2.24. The van der Waals surface area contributed by atoms with Crippen molar-refractivity contribution in [3.05, 3.63) is 433 Å². The highest BCUT2D eigenvalue weighted by Gasteiger charge is 2.33. The second kappa shape index (κ2) is 33.3. The van der Waals surface area contributed by atoms with Gasteiger partial charge < -0.3 is 9.13 Å². The largest absolute Gasteiger partial charge is 0.308 e. The van der Waals surface area contributed by atoms with Crippen LogP contribution in [0.1, 0.15) is 38.9 Å². The Balaban J connectivity index is 0.861. The summed E-state index contributed by atoms with van der Waals surface area (Å²) >= 11 is 0.